The number of carbonyl (C=O) groups is 1. The summed E-state index contributed by atoms with van der Waals surface area (Å²) in [6.45, 7) is 1.61. The Hall–Kier alpha value is -0.660. The highest BCUT2D eigenvalue weighted by Gasteiger charge is 2.35. The van der Waals surface area contributed by atoms with Gasteiger partial charge in [0.15, 0.2) is 0 Å². The van der Waals surface area contributed by atoms with Crippen molar-refractivity contribution >= 4 is 15.9 Å². The van der Waals surface area contributed by atoms with Crippen LogP contribution in [0.4, 0.5) is 0 Å². The molecule has 7 heteroatoms. The van der Waals surface area contributed by atoms with E-state index in [0.29, 0.717) is 32.5 Å². The average Bonchev–Trinajstić information content (AvgIpc) is 2.78. The number of nitrogens with zero attached hydrogens (tertiary/aromatic N) is 2. The first-order valence-corrected chi connectivity index (χ1v) is 11.0. The minimum atomic E-state index is -3.13. The number of nitrogens with one attached hydrogen (secondary N) is 1. The Morgan fingerprint density at radius 3 is 2.12 bits per heavy atom. The van der Waals surface area contributed by atoms with Crippen LogP contribution in [0.3, 0.4) is 0 Å². The molecule has 2 rings (SSSR count). The first-order chi connectivity index (χ1) is 11.2. The maximum absolute atomic E-state index is 12.6. The third kappa shape index (κ3) is 4.92. The van der Waals surface area contributed by atoms with E-state index >= 15 is 0 Å². The molecule has 1 saturated heterocycles. The number of hydrogen-bond acceptors (Lipinski definition) is 4. The lowest BCUT2D eigenvalue weighted by atomic mass is 9.88. The van der Waals surface area contributed by atoms with Crippen molar-refractivity contribution < 1.29 is 13.2 Å². The van der Waals surface area contributed by atoms with Gasteiger partial charge in [0.25, 0.3) is 0 Å². The van der Waals surface area contributed by atoms with Crippen LogP contribution in [0.25, 0.3) is 0 Å². The van der Waals surface area contributed by atoms with E-state index in [9.17, 15) is 13.2 Å². The third-order valence-electron chi connectivity index (χ3n) is 5.87. The van der Waals surface area contributed by atoms with Gasteiger partial charge in [0.05, 0.1) is 6.26 Å². The molecule has 1 aliphatic heterocycles. The molecule has 1 heterocycles. The summed E-state index contributed by atoms with van der Waals surface area (Å²) < 4.78 is 24.6. The summed E-state index contributed by atoms with van der Waals surface area (Å²) in [5.74, 6) is 0.0293. The summed E-state index contributed by atoms with van der Waals surface area (Å²) in [6, 6.07) is 0. The summed E-state index contributed by atoms with van der Waals surface area (Å²) in [4.78, 5) is 14.8. The number of likely N-dealkylation sites (N-methyl/N-ethyl adjacent to an activating group) is 1. The second-order valence-electron chi connectivity index (χ2n) is 7.69. The van der Waals surface area contributed by atoms with Crippen molar-refractivity contribution in [2.24, 2.45) is 5.92 Å². The molecule has 6 nitrogen and oxygen atoms in total. The molecular formula is C17H33N3O3S. The van der Waals surface area contributed by atoms with E-state index in [4.69, 9.17) is 0 Å². The SMILES string of the molecule is CN(C)C1(CNC(=O)C2CCN(S(C)(=O)=O)CC2)CCCCCC1. The highest BCUT2D eigenvalue weighted by atomic mass is 32.2. The fourth-order valence-electron chi connectivity index (χ4n) is 4.01. The zero-order valence-electron chi connectivity index (χ0n) is 15.4. The van der Waals surface area contributed by atoms with Crippen molar-refractivity contribution in [3.8, 4) is 0 Å². The van der Waals surface area contributed by atoms with Crippen molar-refractivity contribution in [2.45, 2.75) is 56.9 Å². The lowest BCUT2D eigenvalue weighted by Crippen LogP contribution is -2.53. The van der Waals surface area contributed by atoms with Crippen LogP contribution >= 0.6 is 0 Å². The molecule has 0 bridgehead atoms. The van der Waals surface area contributed by atoms with Gasteiger partial charge in [-0.3, -0.25) is 4.79 Å². The van der Waals surface area contributed by atoms with Crippen LogP contribution < -0.4 is 5.32 Å². The molecule has 0 atom stereocenters. The van der Waals surface area contributed by atoms with Crippen molar-refractivity contribution in [2.75, 3.05) is 40.0 Å². The van der Waals surface area contributed by atoms with Crippen molar-refractivity contribution in [3.05, 3.63) is 0 Å². The Bertz CT molecular complexity index is 517. The largest absolute Gasteiger partial charge is 0.354 e. The van der Waals surface area contributed by atoms with E-state index < -0.39 is 10.0 Å². The lowest BCUT2D eigenvalue weighted by Gasteiger charge is -2.40. The molecule has 0 aromatic heterocycles. The van der Waals surface area contributed by atoms with Crippen LogP contribution in [0.15, 0.2) is 0 Å². The van der Waals surface area contributed by atoms with Crippen LogP contribution in [0.1, 0.15) is 51.4 Å². The number of amides is 1. The summed E-state index contributed by atoms with van der Waals surface area (Å²) in [7, 11) is 1.09. The molecule has 0 unspecified atom stereocenters. The van der Waals surface area contributed by atoms with E-state index in [1.165, 1.54) is 36.2 Å². The maximum atomic E-state index is 12.6. The summed E-state index contributed by atoms with van der Waals surface area (Å²) in [6.07, 6.45) is 9.75. The smallest absolute Gasteiger partial charge is 0.223 e. The van der Waals surface area contributed by atoms with Gasteiger partial charge in [0, 0.05) is 31.1 Å². The number of rotatable bonds is 5. The second kappa shape index (κ2) is 8.15. The molecule has 1 N–H and O–H groups in total. The Morgan fingerprint density at radius 1 is 1.12 bits per heavy atom. The van der Waals surface area contributed by atoms with Gasteiger partial charge in [-0.25, -0.2) is 12.7 Å². The van der Waals surface area contributed by atoms with Crippen LogP contribution in [-0.4, -0.2) is 69.1 Å². The zero-order valence-corrected chi connectivity index (χ0v) is 16.2. The normalized spacial score (nSPS) is 23.8. The summed E-state index contributed by atoms with van der Waals surface area (Å²) in [5.41, 5.74) is 0.0691. The fourth-order valence-corrected chi connectivity index (χ4v) is 4.89. The molecule has 1 saturated carbocycles. The summed E-state index contributed by atoms with van der Waals surface area (Å²) in [5, 5.41) is 3.18. The Balaban J connectivity index is 1.88. The van der Waals surface area contributed by atoms with Gasteiger partial charge in [0.1, 0.15) is 0 Å². The van der Waals surface area contributed by atoms with Gasteiger partial charge in [-0.15, -0.1) is 0 Å². The first-order valence-electron chi connectivity index (χ1n) is 9.15. The second-order valence-corrected chi connectivity index (χ2v) is 9.67. The van der Waals surface area contributed by atoms with Gasteiger partial charge >= 0.3 is 0 Å². The van der Waals surface area contributed by atoms with Crippen molar-refractivity contribution in [3.63, 3.8) is 0 Å². The van der Waals surface area contributed by atoms with Crippen LogP contribution in [0.5, 0.6) is 0 Å². The quantitative estimate of drug-likeness (QED) is 0.754. The lowest BCUT2D eigenvalue weighted by molar-refractivity contribution is -0.126. The van der Waals surface area contributed by atoms with Gasteiger partial charge in [0.2, 0.25) is 15.9 Å². The maximum Gasteiger partial charge on any atom is 0.223 e. The Labute approximate surface area is 147 Å². The molecule has 24 heavy (non-hydrogen) atoms. The van der Waals surface area contributed by atoms with E-state index in [1.807, 2.05) is 0 Å². The highest BCUT2D eigenvalue weighted by Crippen LogP contribution is 2.31. The predicted octanol–water partition coefficient (Wildman–Crippen LogP) is 1.43. The molecular weight excluding hydrogens is 326 g/mol. The topological polar surface area (TPSA) is 69.7 Å². The molecule has 2 aliphatic rings. The monoisotopic (exact) mass is 359 g/mol. The predicted molar refractivity (Wildman–Crippen MR) is 96.3 cm³/mol. The molecule has 1 aliphatic carbocycles. The van der Waals surface area contributed by atoms with Crippen molar-refractivity contribution in [1.29, 1.82) is 0 Å². The average molecular weight is 360 g/mol. The fraction of sp³-hybridized carbons (Fsp3) is 0.941. The Kier molecular flexibility index (Phi) is 6.67. The van der Waals surface area contributed by atoms with Crippen LogP contribution in [0.2, 0.25) is 0 Å². The first kappa shape index (κ1) is 19.7. The minimum Gasteiger partial charge on any atom is -0.354 e. The van der Waals surface area contributed by atoms with E-state index in [-0.39, 0.29) is 17.4 Å². The van der Waals surface area contributed by atoms with Gasteiger partial charge < -0.3 is 10.2 Å². The minimum absolute atomic E-state index is 0.0620. The van der Waals surface area contributed by atoms with Crippen molar-refractivity contribution in [1.82, 2.24) is 14.5 Å². The Morgan fingerprint density at radius 2 is 1.67 bits per heavy atom. The van der Waals surface area contributed by atoms with E-state index in [2.05, 4.69) is 24.3 Å². The third-order valence-corrected chi connectivity index (χ3v) is 7.17. The number of carbonyl (C=O) groups excluding carboxylic acids is 1. The van der Waals surface area contributed by atoms with Crippen LogP contribution in [0, 0.1) is 5.92 Å². The van der Waals surface area contributed by atoms with E-state index in [0.717, 1.165) is 12.8 Å². The molecule has 1 amide bonds. The van der Waals surface area contributed by atoms with Gasteiger partial charge in [-0.2, -0.15) is 0 Å². The highest BCUT2D eigenvalue weighted by molar-refractivity contribution is 7.88. The van der Waals surface area contributed by atoms with E-state index in [1.54, 1.807) is 0 Å². The molecule has 0 aromatic carbocycles. The zero-order chi connectivity index (χ0) is 17.8. The number of piperidine rings is 1. The van der Waals surface area contributed by atoms with Crippen LogP contribution in [-0.2, 0) is 14.8 Å². The van der Waals surface area contributed by atoms with Gasteiger partial charge in [-0.05, 0) is 39.8 Å². The molecule has 0 radical (unpaired) electrons. The molecule has 140 valence electrons. The molecule has 0 spiro atoms. The number of sulfonamides is 1. The standard InChI is InChI=1S/C17H33N3O3S/c1-19(2)17(10-6-4-5-7-11-17)14-18-16(21)15-8-12-20(13-9-15)24(3,22)23/h15H,4-14H2,1-3H3,(H,18,21). The van der Waals surface area contributed by atoms with Gasteiger partial charge in [-0.1, -0.05) is 25.7 Å². The molecule has 0 aromatic rings. The molecule has 2 fully saturated rings. The summed E-state index contributed by atoms with van der Waals surface area (Å²) >= 11 is 0. The number of hydrogen-bond donors (Lipinski definition) is 1.